The smallest absolute Gasteiger partial charge is 0.280 e. The molecule has 1 aromatic heterocycles. The van der Waals surface area contributed by atoms with Gasteiger partial charge < -0.3 is 10.2 Å². The van der Waals surface area contributed by atoms with Crippen molar-refractivity contribution in [2.75, 3.05) is 5.01 Å². The van der Waals surface area contributed by atoms with Gasteiger partial charge in [-0.05, 0) is 0 Å². The SMILES string of the molecule is C=CC1=CC(=O)N(n2c(O)ccc2O)C1=O. The van der Waals surface area contributed by atoms with Crippen molar-refractivity contribution < 1.29 is 19.8 Å². The Morgan fingerprint density at radius 3 is 2.19 bits per heavy atom. The zero-order chi connectivity index (χ0) is 11.9. The van der Waals surface area contributed by atoms with Crippen LogP contribution >= 0.6 is 0 Å². The van der Waals surface area contributed by atoms with Crippen molar-refractivity contribution in [1.29, 1.82) is 0 Å². The molecule has 0 aromatic carbocycles. The minimum Gasteiger partial charge on any atom is -0.493 e. The molecule has 0 unspecified atom stereocenters. The van der Waals surface area contributed by atoms with Crippen molar-refractivity contribution in [2.24, 2.45) is 0 Å². The van der Waals surface area contributed by atoms with Gasteiger partial charge in [-0.3, -0.25) is 9.59 Å². The zero-order valence-corrected chi connectivity index (χ0v) is 8.12. The average Bonchev–Trinajstić information content (AvgIpc) is 2.70. The van der Waals surface area contributed by atoms with Crippen LogP contribution in [0.5, 0.6) is 11.8 Å². The number of imide groups is 1. The summed E-state index contributed by atoms with van der Waals surface area (Å²) in [4.78, 5) is 23.2. The fourth-order valence-electron chi connectivity index (χ4n) is 1.43. The summed E-state index contributed by atoms with van der Waals surface area (Å²) in [6.07, 6.45) is 2.31. The summed E-state index contributed by atoms with van der Waals surface area (Å²) in [5, 5.41) is 19.4. The molecule has 6 nitrogen and oxygen atoms in total. The van der Waals surface area contributed by atoms with Crippen LogP contribution in [0.3, 0.4) is 0 Å². The van der Waals surface area contributed by atoms with Gasteiger partial charge in [0.2, 0.25) is 11.8 Å². The van der Waals surface area contributed by atoms with Crippen molar-refractivity contribution >= 4 is 11.8 Å². The van der Waals surface area contributed by atoms with Crippen LogP contribution in [0.25, 0.3) is 0 Å². The van der Waals surface area contributed by atoms with Crippen molar-refractivity contribution in [2.45, 2.75) is 0 Å². The maximum Gasteiger partial charge on any atom is 0.280 e. The van der Waals surface area contributed by atoms with Crippen LogP contribution in [0, 0.1) is 0 Å². The molecule has 0 fully saturated rings. The van der Waals surface area contributed by atoms with Crippen LogP contribution < -0.4 is 5.01 Å². The minimum atomic E-state index is -0.651. The quantitative estimate of drug-likeness (QED) is 0.688. The molecule has 6 heteroatoms. The van der Waals surface area contributed by atoms with Gasteiger partial charge in [0.15, 0.2) is 0 Å². The number of hydrogen-bond acceptors (Lipinski definition) is 4. The first-order chi connectivity index (χ1) is 7.56. The highest BCUT2D eigenvalue weighted by atomic mass is 16.3. The van der Waals surface area contributed by atoms with Gasteiger partial charge in [-0.2, -0.15) is 9.69 Å². The Hall–Kier alpha value is -2.50. The number of nitrogens with zero attached hydrogens (tertiary/aromatic N) is 2. The lowest BCUT2D eigenvalue weighted by molar-refractivity contribution is -0.122. The number of hydrogen-bond donors (Lipinski definition) is 2. The van der Waals surface area contributed by atoms with Crippen LogP contribution in [-0.2, 0) is 9.59 Å². The van der Waals surface area contributed by atoms with E-state index in [9.17, 15) is 19.8 Å². The van der Waals surface area contributed by atoms with E-state index in [1.807, 2.05) is 0 Å². The van der Waals surface area contributed by atoms with Crippen LogP contribution in [0.15, 0.2) is 36.4 Å². The largest absolute Gasteiger partial charge is 0.493 e. The number of aromatic nitrogens is 1. The van der Waals surface area contributed by atoms with E-state index >= 15 is 0 Å². The third-order valence-electron chi connectivity index (χ3n) is 2.16. The van der Waals surface area contributed by atoms with Gasteiger partial charge in [0.25, 0.3) is 11.8 Å². The Morgan fingerprint density at radius 2 is 1.75 bits per heavy atom. The molecule has 1 aromatic rings. The first kappa shape index (κ1) is 10.0. The highest BCUT2D eigenvalue weighted by molar-refractivity contribution is 6.27. The Labute approximate surface area is 90.3 Å². The molecule has 0 spiro atoms. The van der Waals surface area contributed by atoms with E-state index in [-0.39, 0.29) is 5.57 Å². The van der Waals surface area contributed by atoms with Crippen molar-refractivity contribution in [3.05, 3.63) is 36.4 Å². The average molecular weight is 220 g/mol. The van der Waals surface area contributed by atoms with E-state index < -0.39 is 23.6 Å². The molecule has 1 aliphatic heterocycles. The monoisotopic (exact) mass is 220 g/mol. The molecule has 0 saturated heterocycles. The topological polar surface area (TPSA) is 82.8 Å². The lowest BCUT2D eigenvalue weighted by Gasteiger charge is -2.17. The second kappa shape index (κ2) is 3.27. The van der Waals surface area contributed by atoms with Crippen molar-refractivity contribution in [3.63, 3.8) is 0 Å². The lowest BCUT2D eigenvalue weighted by atomic mass is 10.3. The highest BCUT2D eigenvalue weighted by Crippen LogP contribution is 2.24. The Balaban J connectivity index is 2.49. The first-order valence-corrected chi connectivity index (χ1v) is 4.38. The van der Waals surface area contributed by atoms with Gasteiger partial charge in [0.1, 0.15) is 0 Å². The number of amides is 2. The van der Waals surface area contributed by atoms with Crippen LogP contribution in [0.1, 0.15) is 0 Å². The Morgan fingerprint density at radius 1 is 1.19 bits per heavy atom. The second-order valence-corrected chi connectivity index (χ2v) is 3.12. The van der Waals surface area contributed by atoms with Gasteiger partial charge in [0.05, 0.1) is 0 Å². The molecule has 0 radical (unpaired) electrons. The molecule has 2 rings (SSSR count). The summed E-state index contributed by atoms with van der Waals surface area (Å²) in [6.45, 7) is 3.39. The second-order valence-electron chi connectivity index (χ2n) is 3.12. The number of carbonyl (C=O) groups excluding carboxylic acids is 2. The predicted octanol–water partition coefficient (Wildman–Crippen LogP) is 0.0165. The zero-order valence-electron chi connectivity index (χ0n) is 8.12. The molecule has 2 heterocycles. The fraction of sp³-hybridized carbons (Fsp3) is 0. The van der Waals surface area contributed by atoms with Crippen LogP contribution in [-0.4, -0.2) is 26.7 Å². The van der Waals surface area contributed by atoms with Gasteiger partial charge in [-0.25, -0.2) is 0 Å². The van der Waals surface area contributed by atoms with E-state index in [2.05, 4.69) is 6.58 Å². The number of rotatable bonds is 2. The minimum absolute atomic E-state index is 0.109. The van der Waals surface area contributed by atoms with Crippen molar-refractivity contribution in [1.82, 2.24) is 4.68 Å². The van der Waals surface area contributed by atoms with E-state index in [4.69, 9.17) is 0 Å². The fourth-order valence-corrected chi connectivity index (χ4v) is 1.43. The summed E-state index contributed by atoms with van der Waals surface area (Å²) < 4.78 is 0.720. The van der Waals surface area contributed by atoms with Gasteiger partial charge in [-0.1, -0.05) is 12.7 Å². The molecule has 0 saturated carbocycles. The number of aromatic hydroxyl groups is 2. The van der Waals surface area contributed by atoms with Crippen LogP contribution in [0.4, 0.5) is 0 Å². The van der Waals surface area contributed by atoms with Crippen LogP contribution in [0.2, 0.25) is 0 Å². The summed E-state index contributed by atoms with van der Waals surface area (Å²) >= 11 is 0. The summed E-state index contributed by atoms with van der Waals surface area (Å²) in [5.74, 6) is -2.11. The van der Waals surface area contributed by atoms with E-state index in [0.29, 0.717) is 5.01 Å². The molecular formula is C10H8N2O4. The molecule has 2 N–H and O–H groups in total. The normalized spacial score (nSPS) is 15.5. The van der Waals surface area contributed by atoms with E-state index in [0.717, 1.165) is 10.8 Å². The molecule has 16 heavy (non-hydrogen) atoms. The molecule has 2 amide bonds. The standard InChI is InChI=1S/C10H8N2O4/c1-2-6-5-9(15)12(10(6)16)11-7(13)3-4-8(11)14/h2-5,13-14H,1H2. The van der Waals surface area contributed by atoms with E-state index in [1.165, 1.54) is 18.2 Å². The highest BCUT2D eigenvalue weighted by Gasteiger charge is 2.33. The van der Waals surface area contributed by atoms with Gasteiger partial charge in [0, 0.05) is 23.8 Å². The van der Waals surface area contributed by atoms with E-state index in [1.54, 1.807) is 0 Å². The molecule has 0 atom stereocenters. The van der Waals surface area contributed by atoms with Gasteiger partial charge in [-0.15, -0.1) is 0 Å². The summed E-state index contributed by atoms with van der Waals surface area (Å²) in [6, 6.07) is 2.34. The van der Waals surface area contributed by atoms with Crippen molar-refractivity contribution in [3.8, 4) is 11.8 Å². The van der Waals surface area contributed by atoms with Gasteiger partial charge >= 0.3 is 0 Å². The third-order valence-corrected chi connectivity index (χ3v) is 2.16. The maximum atomic E-state index is 11.7. The molecular weight excluding hydrogens is 212 g/mol. The predicted molar refractivity (Wildman–Crippen MR) is 54.3 cm³/mol. The lowest BCUT2D eigenvalue weighted by Crippen LogP contribution is -2.40. The third kappa shape index (κ3) is 1.20. The molecule has 0 bridgehead atoms. The Kier molecular flexibility index (Phi) is 2.05. The summed E-state index contributed by atoms with van der Waals surface area (Å²) in [7, 11) is 0. The molecule has 82 valence electrons. The first-order valence-electron chi connectivity index (χ1n) is 4.38. The molecule has 1 aliphatic rings. The summed E-state index contributed by atoms with van der Waals surface area (Å²) in [5.41, 5.74) is 0.109. The Bertz CT molecular complexity index is 507. The maximum absolute atomic E-state index is 11.7. The molecule has 0 aliphatic carbocycles. The number of carbonyl (C=O) groups is 2.